The second-order valence-electron chi connectivity index (χ2n) is 4.66. The molecular formula is C15H16N4O. The van der Waals surface area contributed by atoms with Gasteiger partial charge in [0.1, 0.15) is 11.3 Å². The molecule has 0 saturated carbocycles. The molecule has 0 spiro atoms. The topological polar surface area (TPSA) is 73.8 Å². The number of H-pyrrole nitrogens is 1. The van der Waals surface area contributed by atoms with Crippen LogP contribution in [-0.4, -0.2) is 33.2 Å². The van der Waals surface area contributed by atoms with Gasteiger partial charge in [0.15, 0.2) is 5.82 Å². The van der Waals surface area contributed by atoms with Crippen molar-refractivity contribution in [3.63, 3.8) is 0 Å². The number of hydrogen-bond donors (Lipinski definition) is 3. The van der Waals surface area contributed by atoms with Crippen LogP contribution in [0.3, 0.4) is 0 Å². The first kappa shape index (κ1) is 12.6. The van der Waals surface area contributed by atoms with Gasteiger partial charge in [-0.05, 0) is 19.1 Å². The van der Waals surface area contributed by atoms with Crippen molar-refractivity contribution < 1.29 is 5.11 Å². The number of aryl methyl sites for hydroxylation is 1. The lowest BCUT2D eigenvalue weighted by molar-refractivity contribution is 0.311. The predicted octanol–water partition coefficient (Wildman–Crippen LogP) is 2.34. The van der Waals surface area contributed by atoms with Gasteiger partial charge < -0.3 is 15.4 Å². The second-order valence-corrected chi connectivity index (χ2v) is 4.66. The van der Waals surface area contributed by atoms with Crippen molar-refractivity contribution in [2.45, 2.75) is 6.92 Å². The molecule has 0 saturated heterocycles. The summed E-state index contributed by atoms with van der Waals surface area (Å²) in [7, 11) is 0. The number of aliphatic hydroxyl groups excluding tert-OH is 1. The molecule has 5 heteroatoms. The number of aromatic amines is 1. The fraction of sp³-hybridized carbons (Fsp3) is 0.200. The van der Waals surface area contributed by atoms with Crippen LogP contribution in [0.5, 0.6) is 0 Å². The average Bonchev–Trinajstić information content (AvgIpc) is 2.89. The van der Waals surface area contributed by atoms with Gasteiger partial charge in [0.2, 0.25) is 0 Å². The summed E-state index contributed by atoms with van der Waals surface area (Å²) in [5.74, 6) is 1.51. The van der Waals surface area contributed by atoms with Gasteiger partial charge >= 0.3 is 0 Å². The highest BCUT2D eigenvalue weighted by Gasteiger charge is 2.09. The van der Waals surface area contributed by atoms with Crippen LogP contribution < -0.4 is 5.32 Å². The van der Waals surface area contributed by atoms with E-state index in [1.54, 1.807) is 6.20 Å². The molecule has 0 radical (unpaired) electrons. The molecule has 1 aromatic carbocycles. The van der Waals surface area contributed by atoms with Crippen molar-refractivity contribution in [3.05, 3.63) is 42.1 Å². The van der Waals surface area contributed by atoms with Crippen LogP contribution in [0.4, 0.5) is 5.82 Å². The Bertz CT molecular complexity index is 736. The summed E-state index contributed by atoms with van der Waals surface area (Å²) in [6.45, 7) is 2.58. The quantitative estimate of drug-likeness (QED) is 0.679. The molecule has 0 aliphatic rings. The first-order valence-corrected chi connectivity index (χ1v) is 6.54. The molecule has 0 atom stereocenters. The Morgan fingerprint density at radius 2 is 2.20 bits per heavy atom. The van der Waals surface area contributed by atoms with Gasteiger partial charge in [-0.1, -0.05) is 23.8 Å². The van der Waals surface area contributed by atoms with Crippen molar-refractivity contribution in [3.8, 4) is 11.4 Å². The number of aliphatic hydroxyl groups is 1. The molecule has 0 aliphatic heterocycles. The Balaban J connectivity index is 2.06. The van der Waals surface area contributed by atoms with Crippen molar-refractivity contribution in [1.82, 2.24) is 15.0 Å². The minimum Gasteiger partial charge on any atom is -0.395 e. The smallest absolute Gasteiger partial charge is 0.154 e. The van der Waals surface area contributed by atoms with E-state index < -0.39 is 0 Å². The van der Waals surface area contributed by atoms with E-state index in [1.165, 1.54) is 5.56 Å². The molecule has 3 rings (SSSR count). The zero-order valence-corrected chi connectivity index (χ0v) is 11.2. The Morgan fingerprint density at radius 3 is 3.00 bits per heavy atom. The lowest BCUT2D eigenvalue weighted by Gasteiger charge is -2.02. The van der Waals surface area contributed by atoms with E-state index in [1.807, 2.05) is 18.2 Å². The molecule has 0 unspecified atom stereocenters. The van der Waals surface area contributed by atoms with E-state index in [-0.39, 0.29) is 6.61 Å². The lowest BCUT2D eigenvalue weighted by atomic mass is 10.1. The highest BCUT2D eigenvalue weighted by Crippen LogP contribution is 2.24. The Hall–Kier alpha value is -2.40. The highest BCUT2D eigenvalue weighted by molar-refractivity contribution is 5.88. The van der Waals surface area contributed by atoms with Crippen LogP contribution in [0.25, 0.3) is 22.4 Å². The maximum atomic E-state index is 8.89. The SMILES string of the molecule is Cc1cccc(-c2nc3c(NCCO)nccc3[nH]2)c1. The van der Waals surface area contributed by atoms with Crippen LogP contribution in [-0.2, 0) is 0 Å². The van der Waals surface area contributed by atoms with Gasteiger partial charge in [0, 0.05) is 18.3 Å². The van der Waals surface area contributed by atoms with E-state index in [0.29, 0.717) is 12.4 Å². The summed E-state index contributed by atoms with van der Waals surface area (Å²) in [6.07, 6.45) is 1.72. The van der Waals surface area contributed by atoms with E-state index in [9.17, 15) is 0 Å². The molecule has 5 nitrogen and oxygen atoms in total. The number of nitrogens with zero attached hydrogens (tertiary/aromatic N) is 2. The third kappa shape index (κ3) is 2.35. The van der Waals surface area contributed by atoms with Gasteiger partial charge in [0.05, 0.1) is 12.1 Å². The largest absolute Gasteiger partial charge is 0.395 e. The fourth-order valence-corrected chi connectivity index (χ4v) is 2.17. The maximum Gasteiger partial charge on any atom is 0.154 e. The Labute approximate surface area is 116 Å². The van der Waals surface area contributed by atoms with Crippen LogP contribution in [0, 0.1) is 6.92 Å². The predicted molar refractivity (Wildman–Crippen MR) is 79.6 cm³/mol. The summed E-state index contributed by atoms with van der Waals surface area (Å²) in [4.78, 5) is 12.2. The van der Waals surface area contributed by atoms with Gasteiger partial charge in [0.25, 0.3) is 0 Å². The number of nitrogens with one attached hydrogen (secondary N) is 2. The van der Waals surface area contributed by atoms with Crippen LogP contribution in [0.1, 0.15) is 5.56 Å². The van der Waals surface area contributed by atoms with Crippen molar-refractivity contribution in [2.24, 2.45) is 0 Å². The zero-order chi connectivity index (χ0) is 13.9. The summed E-state index contributed by atoms with van der Waals surface area (Å²) >= 11 is 0. The molecule has 0 bridgehead atoms. The van der Waals surface area contributed by atoms with Gasteiger partial charge in [-0.25, -0.2) is 9.97 Å². The number of rotatable bonds is 4. The number of fused-ring (bicyclic) bond motifs is 1. The fourth-order valence-electron chi connectivity index (χ4n) is 2.17. The van der Waals surface area contributed by atoms with E-state index in [2.05, 4.69) is 39.3 Å². The minimum atomic E-state index is 0.0627. The normalized spacial score (nSPS) is 10.9. The second kappa shape index (κ2) is 5.30. The van der Waals surface area contributed by atoms with E-state index >= 15 is 0 Å². The number of pyridine rings is 1. The highest BCUT2D eigenvalue weighted by atomic mass is 16.3. The lowest BCUT2D eigenvalue weighted by Crippen LogP contribution is -2.07. The molecule has 3 aromatic rings. The number of hydrogen-bond acceptors (Lipinski definition) is 4. The van der Waals surface area contributed by atoms with Crippen molar-refractivity contribution >= 4 is 16.9 Å². The van der Waals surface area contributed by atoms with Gasteiger partial charge in [-0.2, -0.15) is 0 Å². The number of anilines is 1. The summed E-state index contributed by atoms with van der Waals surface area (Å²) in [5, 5.41) is 12.0. The molecule has 3 N–H and O–H groups in total. The van der Waals surface area contributed by atoms with E-state index in [4.69, 9.17) is 5.11 Å². The molecule has 2 heterocycles. The Morgan fingerprint density at radius 1 is 1.30 bits per heavy atom. The van der Waals surface area contributed by atoms with Crippen molar-refractivity contribution in [1.29, 1.82) is 0 Å². The summed E-state index contributed by atoms with van der Waals surface area (Å²) in [5.41, 5.74) is 3.96. The first-order valence-electron chi connectivity index (χ1n) is 6.54. The first-order chi connectivity index (χ1) is 9.78. The average molecular weight is 268 g/mol. The molecule has 0 fully saturated rings. The van der Waals surface area contributed by atoms with Gasteiger partial charge in [-0.15, -0.1) is 0 Å². The van der Waals surface area contributed by atoms with Crippen LogP contribution in [0.2, 0.25) is 0 Å². The molecule has 0 aliphatic carbocycles. The summed E-state index contributed by atoms with van der Waals surface area (Å²) < 4.78 is 0. The zero-order valence-electron chi connectivity index (χ0n) is 11.2. The van der Waals surface area contributed by atoms with Crippen LogP contribution in [0.15, 0.2) is 36.5 Å². The monoisotopic (exact) mass is 268 g/mol. The van der Waals surface area contributed by atoms with Crippen LogP contribution >= 0.6 is 0 Å². The minimum absolute atomic E-state index is 0.0627. The number of benzene rings is 1. The van der Waals surface area contributed by atoms with Gasteiger partial charge in [-0.3, -0.25) is 0 Å². The summed E-state index contributed by atoms with van der Waals surface area (Å²) in [6, 6.07) is 10.1. The third-order valence-electron chi connectivity index (χ3n) is 3.10. The maximum absolute atomic E-state index is 8.89. The number of imidazole rings is 1. The number of aromatic nitrogens is 3. The van der Waals surface area contributed by atoms with Crippen molar-refractivity contribution in [2.75, 3.05) is 18.5 Å². The molecule has 2 aromatic heterocycles. The standard InChI is InChI=1S/C15H16N4O/c1-10-3-2-4-11(9-10)14-18-12-5-6-16-15(13(12)19-14)17-7-8-20/h2-6,9,20H,7-8H2,1H3,(H,16,17)(H,18,19). The third-order valence-corrected chi connectivity index (χ3v) is 3.10. The molecule has 20 heavy (non-hydrogen) atoms. The molecular weight excluding hydrogens is 252 g/mol. The molecule has 0 amide bonds. The van der Waals surface area contributed by atoms with E-state index in [0.717, 1.165) is 22.4 Å². The Kier molecular flexibility index (Phi) is 3.35. The molecule has 102 valence electrons.